The molecule has 0 N–H and O–H groups in total. The molecule has 6 nitrogen and oxygen atoms in total. The molecule has 0 fully saturated rings. The van der Waals surface area contributed by atoms with Crippen molar-refractivity contribution in [1.29, 1.82) is 0 Å². The highest BCUT2D eigenvalue weighted by Crippen LogP contribution is 2.42. The second-order valence-electron chi connectivity index (χ2n) is 19.2. The highest BCUT2D eigenvalue weighted by molar-refractivity contribution is 6.15. The van der Waals surface area contributed by atoms with Crippen molar-refractivity contribution in [3.63, 3.8) is 0 Å². The highest BCUT2D eigenvalue weighted by Gasteiger charge is 2.21. The molecule has 4 heterocycles. The molecule has 0 saturated heterocycles. The first-order valence-corrected chi connectivity index (χ1v) is 25.3. The van der Waals surface area contributed by atoms with Crippen LogP contribution in [0.5, 0.6) is 0 Å². The monoisotopic (exact) mass is 957 g/mol. The Morgan fingerprint density at radius 3 is 1.29 bits per heavy atom. The van der Waals surface area contributed by atoms with Gasteiger partial charge in [0, 0.05) is 60.4 Å². The Kier molecular flexibility index (Phi) is 9.78. The first-order chi connectivity index (χ1) is 37.2. The van der Waals surface area contributed by atoms with E-state index in [1.165, 1.54) is 43.7 Å². The normalized spacial score (nSPS) is 11.7. The zero-order valence-electron chi connectivity index (χ0n) is 40.5. The summed E-state index contributed by atoms with van der Waals surface area (Å²) >= 11 is 0. The summed E-state index contributed by atoms with van der Waals surface area (Å²) in [6, 6.07) is 92.3. The summed E-state index contributed by atoms with van der Waals surface area (Å²) < 4.78 is 11.4. The zero-order chi connectivity index (χ0) is 49.4. The minimum atomic E-state index is 0.566. The van der Waals surface area contributed by atoms with E-state index in [1.807, 2.05) is 24.3 Å². The molecule has 0 aliphatic heterocycles. The van der Waals surface area contributed by atoms with Crippen LogP contribution in [0.1, 0.15) is 0 Å². The molecule has 0 amide bonds. The lowest BCUT2D eigenvalue weighted by Gasteiger charge is -2.11. The molecule has 0 unspecified atom stereocenters. The summed E-state index contributed by atoms with van der Waals surface area (Å²) in [5.41, 5.74) is 17.8. The fourth-order valence-corrected chi connectivity index (χ4v) is 11.3. The van der Waals surface area contributed by atoms with Gasteiger partial charge in [0.2, 0.25) is 0 Å². The third-order valence-electron chi connectivity index (χ3n) is 14.8. The van der Waals surface area contributed by atoms with E-state index in [9.17, 15) is 0 Å². The molecule has 0 aliphatic rings. The number of hydrogen-bond acceptors (Lipinski definition) is 4. The van der Waals surface area contributed by atoms with Crippen LogP contribution < -0.4 is 0 Å². The third kappa shape index (κ3) is 7.14. The van der Waals surface area contributed by atoms with Gasteiger partial charge in [-0.15, -0.1) is 0 Å². The average molecular weight is 958 g/mol. The van der Waals surface area contributed by atoms with Crippen molar-refractivity contribution in [1.82, 2.24) is 24.1 Å². The highest BCUT2D eigenvalue weighted by atomic mass is 16.3. The van der Waals surface area contributed by atoms with Gasteiger partial charge in [0.15, 0.2) is 17.5 Å². The number of nitrogens with zero attached hydrogens (tertiary/aromatic N) is 5. The number of hydrogen-bond donors (Lipinski definition) is 0. The van der Waals surface area contributed by atoms with E-state index >= 15 is 0 Å². The van der Waals surface area contributed by atoms with Gasteiger partial charge in [-0.25, -0.2) is 15.0 Å². The maximum Gasteiger partial charge on any atom is 0.164 e. The standard InChI is InChI=1S/C69H43N5O/c1-4-17-44(18-5-1)46-21-14-23-50(39-46)67-70-68(51-24-15-22-47(40-51)45-19-6-2-7-20-45)72-69(71-67)56-29-16-32-65-66(56)59-43-53(35-38-64(59)75-65)74-61-31-13-11-28-55(61)58-42-49(34-37-63(58)74)48-33-36-62-57(41-48)54-27-10-12-30-60(54)73(62)52-25-8-3-9-26-52/h1-43H. The molecule has 0 aliphatic carbocycles. The van der Waals surface area contributed by atoms with Crippen LogP contribution in [0.15, 0.2) is 265 Å². The number of benzene rings is 11. The van der Waals surface area contributed by atoms with Crippen LogP contribution in [0.3, 0.4) is 0 Å². The second-order valence-corrected chi connectivity index (χ2v) is 19.2. The predicted octanol–water partition coefficient (Wildman–Crippen LogP) is 18.0. The first kappa shape index (κ1) is 42.5. The summed E-state index contributed by atoms with van der Waals surface area (Å²) in [7, 11) is 0. The molecule has 4 aromatic heterocycles. The molecule has 0 spiro atoms. The molecular weight excluding hydrogens is 915 g/mol. The Hall–Kier alpha value is -10.2. The molecule has 0 saturated carbocycles. The smallest absolute Gasteiger partial charge is 0.164 e. The predicted molar refractivity (Wildman–Crippen MR) is 308 cm³/mol. The lowest BCUT2D eigenvalue weighted by molar-refractivity contribution is 0.669. The Labute approximate surface area is 431 Å². The van der Waals surface area contributed by atoms with E-state index in [0.29, 0.717) is 17.5 Å². The van der Waals surface area contributed by atoms with Crippen molar-refractivity contribution < 1.29 is 4.42 Å². The van der Waals surface area contributed by atoms with E-state index in [4.69, 9.17) is 19.4 Å². The van der Waals surface area contributed by atoms with E-state index in [0.717, 1.165) is 83.3 Å². The summed E-state index contributed by atoms with van der Waals surface area (Å²) in [5.74, 6) is 1.75. The Balaban J connectivity index is 0.880. The summed E-state index contributed by atoms with van der Waals surface area (Å²) in [6.07, 6.45) is 0. The van der Waals surface area contributed by atoms with Gasteiger partial charge in [0.1, 0.15) is 11.2 Å². The van der Waals surface area contributed by atoms with Gasteiger partial charge in [-0.3, -0.25) is 0 Å². The topological polar surface area (TPSA) is 61.7 Å². The van der Waals surface area contributed by atoms with Gasteiger partial charge in [-0.1, -0.05) is 176 Å². The van der Waals surface area contributed by atoms with E-state index < -0.39 is 0 Å². The maximum atomic E-state index is 6.69. The first-order valence-electron chi connectivity index (χ1n) is 25.3. The molecule has 0 bridgehead atoms. The number of furan rings is 1. The zero-order valence-corrected chi connectivity index (χ0v) is 40.5. The lowest BCUT2D eigenvalue weighted by Crippen LogP contribution is -2.01. The summed E-state index contributed by atoms with van der Waals surface area (Å²) in [5, 5.41) is 6.76. The van der Waals surface area contributed by atoms with Crippen LogP contribution in [0.25, 0.3) is 144 Å². The quantitative estimate of drug-likeness (QED) is 0.152. The second kappa shape index (κ2) is 17.3. The molecule has 11 aromatic carbocycles. The van der Waals surface area contributed by atoms with Crippen LogP contribution in [0.2, 0.25) is 0 Å². The Morgan fingerprint density at radius 2 is 0.707 bits per heavy atom. The molecule has 15 aromatic rings. The van der Waals surface area contributed by atoms with Crippen LogP contribution in [-0.2, 0) is 0 Å². The minimum absolute atomic E-state index is 0.566. The van der Waals surface area contributed by atoms with Crippen LogP contribution in [0.4, 0.5) is 0 Å². The van der Waals surface area contributed by atoms with Crippen molar-refractivity contribution >= 4 is 65.6 Å². The minimum Gasteiger partial charge on any atom is -0.456 e. The van der Waals surface area contributed by atoms with Crippen molar-refractivity contribution in [2.24, 2.45) is 0 Å². The maximum absolute atomic E-state index is 6.69. The fraction of sp³-hybridized carbons (Fsp3) is 0. The van der Waals surface area contributed by atoms with Crippen molar-refractivity contribution in [3.8, 4) is 78.9 Å². The van der Waals surface area contributed by atoms with E-state index in [2.05, 4.69) is 246 Å². The van der Waals surface area contributed by atoms with Crippen molar-refractivity contribution in [2.75, 3.05) is 0 Å². The SMILES string of the molecule is c1ccc(-c2cccc(-c3nc(-c4cccc(-c5ccccc5)c4)nc(-c4cccc5oc6ccc(-n7c8ccccc8c8cc(-c9ccc%10c(c9)c9ccccc9n%10-c9ccccc9)ccc87)cc6c45)n3)c2)cc1. The van der Waals surface area contributed by atoms with Gasteiger partial charge < -0.3 is 13.6 Å². The lowest BCUT2D eigenvalue weighted by atomic mass is 10.0. The van der Waals surface area contributed by atoms with Crippen molar-refractivity contribution in [2.45, 2.75) is 0 Å². The van der Waals surface area contributed by atoms with Crippen molar-refractivity contribution in [3.05, 3.63) is 261 Å². The van der Waals surface area contributed by atoms with Gasteiger partial charge >= 0.3 is 0 Å². The molecule has 75 heavy (non-hydrogen) atoms. The van der Waals surface area contributed by atoms with E-state index in [1.54, 1.807) is 0 Å². The molecular formula is C69H43N5O. The Morgan fingerprint density at radius 1 is 0.253 bits per heavy atom. The molecule has 6 heteroatoms. The summed E-state index contributed by atoms with van der Waals surface area (Å²) in [6.45, 7) is 0. The van der Waals surface area contributed by atoms with Crippen LogP contribution >= 0.6 is 0 Å². The fourth-order valence-electron chi connectivity index (χ4n) is 11.3. The number of rotatable bonds is 8. The average Bonchev–Trinajstić information content (AvgIpc) is 4.15. The van der Waals surface area contributed by atoms with Gasteiger partial charge in [0.05, 0.1) is 22.1 Å². The van der Waals surface area contributed by atoms with Gasteiger partial charge in [-0.05, 0) is 118 Å². The van der Waals surface area contributed by atoms with Gasteiger partial charge in [0.25, 0.3) is 0 Å². The summed E-state index contributed by atoms with van der Waals surface area (Å²) in [4.78, 5) is 15.8. The van der Waals surface area contributed by atoms with E-state index in [-0.39, 0.29) is 0 Å². The van der Waals surface area contributed by atoms with Crippen LogP contribution in [0, 0.1) is 0 Å². The number of aromatic nitrogens is 5. The molecule has 15 rings (SSSR count). The van der Waals surface area contributed by atoms with Gasteiger partial charge in [-0.2, -0.15) is 0 Å². The third-order valence-corrected chi connectivity index (χ3v) is 14.8. The molecule has 0 atom stereocenters. The number of para-hydroxylation sites is 3. The number of fused-ring (bicyclic) bond motifs is 9. The largest absolute Gasteiger partial charge is 0.456 e. The Bertz CT molecular complexity index is 4600. The molecule has 350 valence electrons. The molecule has 0 radical (unpaired) electrons. The van der Waals surface area contributed by atoms with Crippen LogP contribution in [-0.4, -0.2) is 24.1 Å².